The molecular weight excluding hydrogens is 150 g/mol. The number of amides is 1. The van der Waals surface area contributed by atoms with Crippen LogP contribution in [-0.2, 0) is 4.79 Å². The lowest BCUT2D eigenvalue weighted by molar-refractivity contribution is -0.153. The van der Waals surface area contributed by atoms with E-state index in [0.29, 0.717) is 23.8 Å². The number of carbonyl (C=O) groups excluding carboxylic acids is 1. The van der Waals surface area contributed by atoms with Gasteiger partial charge in [-0.25, -0.2) is 0 Å². The standard InChI is InChI=1S/C10H15NO/c1-6(2)9-8-5-4-7(3)11(8)10(9)12/h4,6,8-9H,5H2,1-3H3. The Labute approximate surface area is 73.2 Å². The van der Waals surface area contributed by atoms with Crippen LogP contribution >= 0.6 is 0 Å². The second-order valence-corrected chi connectivity index (χ2v) is 4.13. The van der Waals surface area contributed by atoms with Crippen LogP contribution in [0.5, 0.6) is 0 Å². The SMILES string of the molecule is CC1=CCC2C(C(C)C)C(=O)N12. The van der Waals surface area contributed by atoms with Crippen LogP contribution in [-0.4, -0.2) is 16.8 Å². The molecule has 2 heterocycles. The molecule has 2 aliphatic rings. The first-order valence-corrected chi connectivity index (χ1v) is 4.62. The lowest BCUT2D eigenvalue weighted by Gasteiger charge is -2.45. The molecule has 2 atom stereocenters. The van der Waals surface area contributed by atoms with Crippen molar-refractivity contribution in [2.24, 2.45) is 11.8 Å². The fraction of sp³-hybridized carbons (Fsp3) is 0.700. The maximum atomic E-state index is 11.6. The van der Waals surface area contributed by atoms with Gasteiger partial charge in [0, 0.05) is 5.70 Å². The molecule has 2 rings (SSSR count). The van der Waals surface area contributed by atoms with E-state index in [9.17, 15) is 4.79 Å². The van der Waals surface area contributed by atoms with Crippen LogP contribution in [0.4, 0.5) is 0 Å². The van der Waals surface area contributed by atoms with Gasteiger partial charge in [0.05, 0.1) is 12.0 Å². The first-order chi connectivity index (χ1) is 5.63. The van der Waals surface area contributed by atoms with Gasteiger partial charge >= 0.3 is 0 Å². The summed E-state index contributed by atoms with van der Waals surface area (Å²) < 4.78 is 0. The van der Waals surface area contributed by atoms with Gasteiger partial charge in [0.1, 0.15) is 0 Å². The van der Waals surface area contributed by atoms with Gasteiger partial charge in [0.2, 0.25) is 5.91 Å². The number of rotatable bonds is 1. The molecule has 0 aromatic carbocycles. The van der Waals surface area contributed by atoms with E-state index in [2.05, 4.69) is 19.9 Å². The van der Waals surface area contributed by atoms with Crippen molar-refractivity contribution in [2.75, 3.05) is 0 Å². The zero-order valence-electron chi connectivity index (χ0n) is 7.87. The van der Waals surface area contributed by atoms with Crippen molar-refractivity contribution in [1.82, 2.24) is 4.90 Å². The van der Waals surface area contributed by atoms with Crippen LogP contribution < -0.4 is 0 Å². The van der Waals surface area contributed by atoms with Gasteiger partial charge in [-0.1, -0.05) is 19.9 Å². The van der Waals surface area contributed by atoms with Crippen molar-refractivity contribution in [1.29, 1.82) is 0 Å². The highest BCUT2D eigenvalue weighted by Crippen LogP contribution is 2.41. The maximum absolute atomic E-state index is 11.6. The average Bonchev–Trinajstić information content (AvgIpc) is 2.25. The van der Waals surface area contributed by atoms with Crippen LogP contribution in [0.15, 0.2) is 11.8 Å². The van der Waals surface area contributed by atoms with E-state index in [1.54, 1.807) is 0 Å². The Balaban J connectivity index is 2.15. The van der Waals surface area contributed by atoms with Crippen LogP contribution in [0, 0.1) is 11.8 Å². The van der Waals surface area contributed by atoms with Crippen LogP contribution in [0.25, 0.3) is 0 Å². The molecule has 0 aromatic heterocycles. The molecule has 1 fully saturated rings. The predicted octanol–water partition coefficient (Wildman–Crippen LogP) is 1.78. The number of β-lactam (4-membered cyclic amide) rings is 1. The third kappa shape index (κ3) is 0.780. The topological polar surface area (TPSA) is 20.3 Å². The summed E-state index contributed by atoms with van der Waals surface area (Å²) in [5.74, 6) is 1.12. The normalized spacial score (nSPS) is 33.5. The van der Waals surface area contributed by atoms with E-state index in [4.69, 9.17) is 0 Å². The smallest absolute Gasteiger partial charge is 0.232 e. The summed E-state index contributed by atoms with van der Waals surface area (Å²) in [5, 5.41) is 0. The molecule has 2 aliphatic heterocycles. The summed E-state index contributed by atoms with van der Waals surface area (Å²) in [4.78, 5) is 13.5. The van der Waals surface area contributed by atoms with Crippen molar-refractivity contribution in [2.45, 2.75) is 33.2 Å². The van der Waals surface area contributed by atoms with Crippen LogP contribution in [0.2, 0.25) is 0 Å². The highest BCUT2D eigenvalue weighted by molar-refractivity contribution is 5.88. The quantitative estimate of drug-likeness (QED) is 0.542. The van der Waals surface area contributed by atoms with Crippen molar-refractivity contribution in [3.8, 4) is 0 Å². The highest BCUT2D eigenvalue weighted by Gasteiger charge is 2.50. The Bertz CT molecular complexity index is 255. The van der Waals surface area contributed by atoms with E-state index in [-0.39, 0.29) is 0 Å². The number of hydrogen-bond acceptors (Lipinski definition) is 1. The summed E-state index contributed by atoms with van der Waals surface area (Å²) in [6.45, 7) is 6.29. The number of fused-ring (bicyclic) bond motifs is 1. The lowest BCUT2D eigenvalue weighted by Crippen LogP contribution is -2.59. The first-order valence-electron chi connectivity index (χ1n) is 4.62. The molecule has 2 nitrogen and oxygen atoms in total. The van der Waals surface area contributed by atoms with Gasteiger partial charge in [0.25, 0.3) is 0 Å². The third-order valence-electron chi connectivity index (χ3n) is 3.02. The summed E-state index contributed by atoms with van der Waals surface area (Å²) in [6, 6.07) is 0.498. The second kappa shape index (κ2) is 2.35. The van der Waals surface area contributed by atoms with Crippen molar-refractivity contribution in [3.05, 3.63) is 11.8 Å². The molecule has 12 heavy (non-hydrogen) atoms. The number of nitrogens with zero attached hydrogens (tertiary/aromatic N) is 1. The molecular formula is C10H15NO. The van der Waals surface area contributed by atoms with E-state index < -0.39 is 0 Å². The Morgan fingerprint density at radius 3 is 2.83 bits per heavy atom. The molecule has 0 aromatic rings. The third-order valence-corrected chi connectivity index (χ3v) is 3.02. The van der Waals surface area contributed by atoms with Gasteiger partial charge in [-0.3, -0.25) is 4.79 Å². The van der Waals surface area contributed by atoms with E-state index in [1.807, 2.05) is 11.8 Å². The molecule has 0 saturated carbocycles. The van der Waals surface area contributed by atoms with Gasteiger partial charge in [-0.2, -0.15) is 0 Å². The Morgan fingerprint density at radius 1 is 1.58 bits per heavy atom. The Morgan fingerprint density at radius 2 is 2.25 bits per heavy atom. The molecule has 0 N–H and O–H groups in total. The van der Waals surface area contributed by atoms with Crippen molar-refractivity contribution in [3.63, 3.8) is 0 Å². The summed E-state index contributed by atoms with van der Waals surface area (Å²) in [5.41, 5.74) is 1.15. The fourth-order valence-corrected chi connectivity index (χ4v) is 2.37. The summed E-state index contributed by atoms with van der Waals surface area (Å²) >= 11 is 0. The Hall–Kier alpha value is -0.790. The number of allylic oxidation sites excluding steroid dienone is 1. The number of carbonyl (C=O) groups is 1. The largest absolute Gasteiger partial charge is 0.312 e. The second-order valence-electron chi connectivity index (χ2n) is 4.13. The molecule has 66 valence electrons. The molecule has 1 saturated heterocycles. The van der Waals surface area contributed by atoms with Crippen molar-refractivity contribution < 1.29 is 4.79 Å². The van der Waals surface area contributed by atoms with Crippen LogP contribution in [0.3, 0.4) is 0 Å². The van der Waals surface area contributed by atoms with E-state index >= 15 is 0 Å². The van der Waals surface area contributed by atoms with Gasteiger partial charge in [0.15, 0.2) is 0 Å². The van der Waals surface area contributed by atoms with Crippen LogP contribution in [0.1, 0.15) is 27.2 Å². The summed E-state index contributed by atoms with van der Waals surface area (Å²) in [6.07, 6.45) is 3.24. The minimum absolute atomic E-state index is 0.290. The minimum atomic E-state index is 0.290. The Kier molecular flexibility index (Phi) is 1.53. The van der Waals surface area contributed by atoms with Gasteiger partial charge < -0.3 is 4.90 Å². The maximum Gasteiger partial charge on any atom is 0.232 e. The van der Waals surface area contributed by atoms with Crippen molar-refractivity contribution >= 4 is 5.91 Å². The first kappa shape index (κ1) is 7.84. The molecule has 1 amide bonds. The molecule has 2 heteroatoms. The number of hydrogen-bond donors (Lipinski definition) is 0. The fourth-order valence-electron chi connectivity index (χ4n) is 2.37. The lowest BCUT2D eigenvalue weighted by atomic mass is 9.79. The predicted molar refractivity (Wildman–Crippen MR) is 47.3 cm³/mol. The molecule has 0 radical (unpaired) electrons. The monoisotopic (exact) mass is 165 g/mol. The summed E-state index contributed by atoms with van der Waals surface area (Å²) in [7, 11) is 0. The molecule has 2 unspecified atom stereocenters. The van der Waals surface area contributed by atoms with E-state index in [0.717, 1.165) is 12.1 Å². The average molecular weight is 165 g/mol. The highest BCUT2D eigenvalue weighted by atomic mass is 16.2. The van der Waals surface area contributed by atoms with Gasteiger partial charge in [-0.15, -0.1) is 0 Å². The molecule has 0 aliphatic carbocycles. The molecule has 0 bridgehead atoms. The molecule has 0 spiro atoms. The minimum Gasteiger partial charge on any atom is -0.312 e. The van der Waals surface area contributed by atoms with E-state index in [1.165, 1.54) is 0 Å². The zero-order chi connectivity index (χ0) is 8.88. The zero-order valence-corrected chi connectivity index (χ0v) is 7.87. The van der Waals surface area contributed by atoms with Gasteiger partial charge in [-0.05, 0) is 19.3 Å².